The average Bonchev–Trinajstić information content (AvgIpc) is 2.56. The van der Waals surface area contributed by atoms with Crippen LogP contribution in [0.3, 0.4) is 0 Å². The highest BCUT2D eigenvalue weighted by molar-refractivity contribution is 6.27. The molecular weight excluding hydrogens is 306 g/mol. The van der Waals surface area contributed by atoms with Crippen LogP contribution in [0.5, 0.6) is 0 Å². The summed E-state index contributed by atoms with van der Waals surface area (Å²) < 4.78 is 0. The summed E-state index contributed by atoms with van der Waals surface area (Å²) in [6, 6.07) is 0. The molecule has 0 aromatic rings. The number of unbranched alkanes of at least 4 members (excludes halogenated alkanes) is 7. The van der Waals surface area contributed by atoms with Gasteiger partial charge in [-0.15, -0.1) is 11.6 Å². The summed E-state index contributed by atoms with van der Waals surface area (Å²) in [4.78, 5) is 13.5. The number of rotatable bonds is 15. The summed E-state index contributed by atoms with van der Waals surface area (Å²) in [7, 11) is 1.88. The van der Waals surface area contributed by atoms with Crippen LogP contribution >= 0.6 is 11.6 Å². The Balaban J connectivity index is 4.31. The minimum absolute atomic E-state index is 0.0444. The molecule has 138 valence electrons. The van der Waals surface area contributed by atoms with Crippen molar-refractivity contribution in [2.24, 2.45) is 5.41 Å². The zero-order valence-electron chi connectivity index (χ0n) is 16.1. The predicted molar refractivity (Wildman–Crippen MR) is 103 cm³/mol. The SMILES string of the molecule is CCCCCCCC(C)(CCCCCC)CCN(C)C(=O)CCl. The summed E-state index contributed by atoms with van der Waals surface area (Å²) >= 11 is 5.66. The maximum atomic E-state index is 11.7. The summed E-state index contributed by atoms with van der Waals surface area (Å²) in [5.74, 6) is 0.142. The fourth-order valence-corrected chi connectivity index (χ4v) is 3.38. The van der Waals surface area contributed by atoms with Crippen LogP contribution in [0.2, 0.25) is 0 Å². The number of halogens is 1. The Kier molecular flexibility index (Phi) is 14.0. The summed E-state index contributed by atoms with van der Waals surface area (Å²) in [5.41, 5.74) is 0.376. The third-order valence-electron chi connectivity index (χ3n) is 5.11. The van der Waals surface area contributed by atoms with Gasteiger partial charge in [0.2, 0.25) is 5.91 Å². The van der Waals surface area contributed by atoms with E-state index < -0.39 is 0 Å². The number of hydrogen-bond donors (Lipinski definition) is 0. The third kappa shape index (κ3) is 11.9. The molecule has 0 rings (SSSR count). The topological polar surface area (TPSA) is 20.3 Å². The Morgan fingerprint density at radius 2 is 1.35 bits per heavy atom. The van der Waals surface area contributed by atoms with E-state index in [1.165, 1.54) is 70.6 Å². The molecule has 0 N–H and O–H groups in total. The summed E-state index contributed by atoms with van der Waals surface area (Å²) in [5, 5.41) is 0. The zero-order chi connectivity index (χ0) is 17.6. The monoisotopic (exact) mass is 345 g/mol. The molecule has 0 aliphatic heterocycles. The molecule has 0 aromatic carbocycles. The van der Waals surface area contributed by atoms with E-state index in [2.05, 4.69) is 20.8 Å². The normalized spacial score (nSPS) is 13.8. The van der Waals surface area contributed by atoms with Crippen LogP contribution in [-0.4, -0.2) is 30.3 Å². The fourth-order valence-electron chi connectivity index (χ4n) is 3.17. The number of carbonyl (C=O) groups is 1. The highest BCUT2D eigenvalue weighted by Gasteiger charge is 2.24. The van der Waals surface area contributed by atoms with Crippen molar-refractivity contribution < 1.29 is 4.79 Å². The molecule has 23 heavy (non-hydrogen) atoms. The number of amides is 1. The molecule has 1 atom stereocenters. The number of carbonyl (C=O) groups excluding carboxylic acids is 1. The Morgan fingerprint density at radius 3 is 1.83 bits per heavy atom. The number of alkyl halides is 1. The van der Waals surface area contributed by atoms with E-state index in [0.717, 1.165) is 13.0 Å². The lowest BCUT2D eigenvalue weighted by molar-refractivity contribution is -0.127. The molecule has 0 spiro atoms. The molecular formula is C20H40ClNO. The van der Waals surface area contributed by atoms with Gasteiger partial charge in [0.05, 0.1) is 0 Å². The first-order valence-electron chi connectivity index (χ1n) is 9.79. The van der Waals surface area contributed by atoms with E-state index in [1.807, 2.05) is 7.05 Å². The van der Waals surface area contributed by atoms with E-state index in [4.69, 9.17) is 11.6 Å². The average molecular weight is 346 g/mol. The highest BCUT2D eigenvalue weighted by Crippen LogP contribution is 2.35. The van der Waals surface area contributed by atoms with Gasteiger partial charge in [-0.1, -0.05) is 78.6 Å². The van der Waals surface area contributed by atoms with Crippen molar-refractivity contribution in [3.8, 4) is 0 Å². The van der Waals surface area contributed by atoms with E-state index in [-0.39, 0.29) is 11.8 Å². The van der Waals surface area contributed by atoms with E-state index in [9.17, 15) is 4.79 Å². The Hall–Kier alpha value is -0.240. The molecule has 0 bridgehead atoms. The van der Waals surface area contributed by atoms with Gasteiger partial charge in [-0.25, -0.2) is 0 Å². The molecule has 0 aliphatic carbocycles. The van der Waals surface area contributed by atoms with Gasteiger partial charge in [0.25, 0.3) is 0 Å². The predicted octanol–water partition coefficient (Wildman–Crippen LogP) is 6.41. The zero-order valence-corrected chi connectivity index (χ0v) is 16.9. The van der Waals surface area contributed by atoms with Crippen LogP contribution in [0.15, 0.2) is 0 Å². The van der Waals surface area contributed by atoms with E-state index >= 15 is 0 Å². The maximum Gasteiger partial charge on any atom is 0.237 e. The van der Waals surface area contributed by atoms with Crippen molar-refractivity contribution in [2.45, 2.75) is 97.8 Å². The van der Waals surface area contributed by atoms with Crippen molar-refractivity contribution in [1.82, 2.24) is 4.90 Å². The quantitative estimate of drug-likeness (QED) is 0.248. The molecule has 0 aromatic heterocycles. The molecule has 1 amide bonds. The summed E-state index contributed by atoms with van der Waals surface area (Å²) in [6.07, 6.45) is 15.7. The first-order chi connectivity index (χ1) is 11.0. The second kappa shape index (κ2) is 14.1. The van der Waals surface area contributed by atoms with Gasteiger partial charge in [-0.2, -0.15) is 0 Å². The van der Waals surface area contributed by atoms with E-state index in [0.29, 0.717) is 5.41 Å². The lowest BCUT2D eigenvalue weighted by atomic mass is 9.77. The minimum Gasteiger partial charge on any atom is -0.345 e. The summed E-state index contributed by atoms with van der Waals surface area (Å²) in [6.45, 7) is 7.80. The van der Waals surface area contributed by atoms with Gasteiger partial charge in [-0.3, -0.25) is 4.79 Å². The lowest BCUT2D eigenvalue weighted by Gasteiger charge is -2.32. The van der Waals surface area contributed by atoms with Crippen molar-refractivity contribution in [3.63, 3.8) is 0 Å². The first kappa shape index (κ1) is 22.8. The van der Waals surface area contributed by atoms with Gasteiger partial charge in [0.1, 0.15) is 5.88 Å². The molecule has 1 unspecified atom stereocenters. The van der Waals surface area contributed by atoms with Crippen LogP contribution in [0, 0.1) is 5.41 Å². The first-order valence-corrected chi connectivity index (χ1v) is 10.3. The molecule has 0 heterocycles. The van der Waals surface area contributed by atoms with Gasteiger partial charge in [0.15, 0.2) is 0 Å². The molecule has 2 nitrogen and oxygen atoms in total. The molecule has 0 aliphatic rings. The van der Waals surface area contributed by atoms with Crippen LogP contribution in [-0.2, 0) is 4.79 Å². The molecule has 3 heteroatoms. The molecule has 0 saturated heterocycles. The molecule has 0 saturated carbocycles. The minimum atomic E-state index is 0.0444. The van der Waals surface area contributed by atoms with Gasteiger partial charge in [-0.05, 0) is 24.7 Å². The highest BCUT2D eigenvalue weighted by atomic mass is 35.5. The van der Waals surface area contributed by atoms with Gasteiger partial charge in [0, 0.05) is 13.6 Å². The smallest absolute Gasteiger partial charge is 0.237 e. The van der Waals surface area contributed by atoms with Crippen LogP contribution in [0.4, 0.5) is 0 Å². The van der Waals surface area contributed by atoms with Gasteiger partial charge >= 0.3 is 0 Å². The van der Waals surface area contributed by atoms with Crippen LogP contribution in [0.1, 0.15) is 97.8 Å². The molecule has 0 fully saturated rings. The second-order valence-electron chi connectivity index (χ2n) is 7.48. The second-order valence-corrected chi connectivity index (χ2v) is 7.75. The molecule has 0 radical (unpaired) electrons. The Morgan fingerprint density at radius 1 is 0.870 bits per heavy atom. The number of nitrogens with zero attached hydrogens (tertiary/aromatic N) is 1. The Labute approximate surface area is 150 Å². The largest absolute Gasteiger partial charge is 0.345 e. The maximum absolute atomic E-state index is 11.7. The fraction of sp³-hybridized carbons (Fsp3) is 0.950. The van der Waals surface area contributed by atoms with Crippen LogP contribution < -0.4 is 0 Å². The van der Waals surface area contributed by atoms with Crippen molar-refractivity contribution in [1.29, 1.82) is 0 Å². The standard InChI is InChI=1S/C20H40ClNO/c1-5-7-9-11-13-15-20(3,14-12-10-8-6-2)16-17-22(4)19(23)18-21/h5-18H2,1-4H3. The van der Waals surface area contributed by atoms with Crippen LogP contribution in [0.25, 0.3) is 0 Å². The van der Waals surface area contributed by atoms with Crippen molar-refractivity contribution in [2.75, 3.05) is 19.5 Å². The number of hydrogen-bond acceptors (Lipinski definition) is 1. The Bertz CT molecular complexity index is 295. The lowest BCUT2D eigenvalue weighted by Crippen LogP contribution is -2.32. The van der Waals surface area contributed by atoms with Crippen molar-refractivity contribution in [3.05, 3.63) is 0 Å². The van der Waals surface area contributed by atoms with Crippen molar-refractivity contribution >= 4 is 17.5 Å². The third-order valence-corrected chi connectivity index (χ3v) is 5.34. The van der Waals surface area contributed by atoms with Gasteiger partial charge < -0.3 is 4.90 Å². The van der Waals surface area contributed by atoms with E-state index in [1.54, 1.807) is 4.90 Å².